The largest absolute Gasteiger partial charge is 0.573 e. The van der Waals surface area contributed by atoms with E-state index in [1.807, 2.05) is 13.0 Å². The Morgan fingerprint density at radius 3 is 2.43 bits per heavy atom. The summed E-state index contributed by atoms with van der Waals surface area (Å²) in [5, 5.41) is 2.81. The zero-order valence-electron chi connectivity index (χ0n) is 12.2. The van der Waals surface area contributed by atoms with E-state index < -0.39 is 6.36 Å². The number of alkyl halides is 3. The normalized spacial score (nSPS) is 11.5. The maximum atomic E-state index is 12.0. The number of carbonyl (C=O) groups is 1. The number of anilines is 1. The maximum Gasteiger partial charge on any atom is 0.573 e. The van der Waals surface area contributed by atoms with Gasteiger partial charge in [0.15, 0.2) is 5.78 Å². The Labute approximate surface area is 131 Å². The predicted octanol–water partition coefficient (Wildman–Crippen LogP) is 4.70. The van der Waals surface area contributed by atoms with Crippen LogP contribution in [0.1, 0.15) is 15.9 Å². The van der Waals surface area contributed by atoms with Crippen molar-refractivity contribution in [1.82, 2.24) is 0 Å². The maximum absolute atomic E-state index is 12.0. The Morgan fingerprint density at radius 2 is 1.83 bits per heavy atom. The van der Waals surface area contributed by atoms with Gasteiger partial charge < -0.3 is 10.1 Å². The molecule has 0 fully saturated rings. The lowest BCUT2D eigenvalue weighted by atomic mass is 10.1. The third kappa shape index (κ3) is 5.50. The quantitative estimate of drug-likeness (QED) is 0.640. The Kier molecular flexibility index (Phi) is 5.05. The molecule has 0 unspecified atom stereocenters. The molecule has 0 atom stereocenters. The molecule has 2 aromatic rings. The number of hydrogen-bond donors (Lipinski definition) is 1. The first-order valence-corrected chi connectivity index (χ1v) is 6.73. The molecule has 23 heavy (non-hydrogen) atoms. The summed E-state index contributed by atoms with van der Waals surface area (Å²) in [6, 6.07) is 12.4. The molecule has 0 radical (unpaired) electrons. The van der Waals surface area contributed by atoms with Crippen molar-refractivity contribution in [2.24, 2.45) is 0 Å². The third-order valence-corrected chi connectivity index (χ3v) is 2.88. The molecule has 0 spiro atoms. The van der Waals surface area contributed by atoms with E-state index in [0.29, 0.717) is 11.3 Å². The average Bonchev–Trinajstić information content (AvgIpc) is 2.47. The Balaban J connectivity index is 1.94. The molecular formula is C17H14F3NO2. The highest BCUT2D eigenvalue weighted by molar-refractivity contribution is 6.04. The van der Waals surface area contributed by atoms with Crippen molar-refractivity contribution in [3.63, 3.8) is 0 Å². The summed E-state index contributed by atoms with van der Waals surface area (Å²) in [4.78, 5) is 11.9. The van der Waals surface area contributed by atoms with Crippen LogP contribution >= 0.6 is 0 Å². The van der Waals surface area contributed by atoms with E-state index in [9.17, 15) is 18.0 Å². The molecule has 0 aliphatic carbocycles. The van der Waals surface area contributed by atoms with Gasteiger partial charge in [0.05, 0.1) is 0 Å². The highest BCUT2D eigenvalue weighted by Crippen LogP contribution is 2.23. The fourth-order valence-corrected chi connectivity index (χ4v) is 1.86. The number of ketones is 1. The lowest BCUT2D eigenvalue weighted by molar-refractivity contribution is -0.274. The standard InChI is InChI=1S/C17H14F3NO2/c1-12-3-2-4-13(11-12)16(22)9-10-21-14-5-7-15(8-6-14)23-17(18,19)20/h2-11,21H,1H3/b10-9-. The van der Waals surface area contributed by atoms with Gasteiger partial charge in [0.1, 0.15) is 5.75 Å². The van der Waals surface area contributed by atoms with E-state index in [2.05, 4.69) is 10.1 Å². The zero-order chi connectivity index (χ0) is 16.9. The minimum Gasteiger partial charge on any atom is -0.406 e. The second kappa shape index (κ2) is 7.00. The Hall–Kier alpha value is -2.76. The average molecular weight is 321 g/mol. The minimum absolute atomic E-state index is 0.168. The lowest BCUT2D eigenvalue weighted by Crippen LogP contribution is -2.16. The van der Waals surface area contributed by atoms with Crippen molar-refractivity contribution in [2.75, 3.05) is 5.32 Å². The van der Waals surface area contributed by atoms with Crippen molar-refractivity contribution in [1.29, 1.82) is 0 Å². The molecule has 3 nitrogen and oxygen atoms in total. The van der Waals surface area contributed by atoms with Crippen LogP contribution in [0.4, 0.5) is 18.9 Å². The Bertz CT molecular complexity index is 707. The summed E-state index contributed by atoms with van der Waals surface area (Å²) >= 11 is 0. The van der Waals surface area contributed by atoms with Crippen LogP contribution in [-0.4, -0.2) is 12.1 Å². The van der Waals surface area contributed by atoms with Crippen LogP contribution in [0.2, 0.25) is 0 Å². The van der Waals surface area contributed by atoms with Crippen LogP contribution in [-0.2, 0) is 0 Å². The fourth-order valence-electron chi connectivity index (χ4n) is 1.86. The molecule has 0 aliphatic rings. The molecule has 0 bridgehead atoms. The van der Waals surface area contributed by atoms with E-state index in [-0.39, 0.29) is 11.5 Å². The molecular weight excluding hydrogens is 307 g/mol. The molecule has 1 N–H and O–H groups in total. The van der Waals surface area contributed by atoms with Crippen LogP contribution in [0.5, 0.6) is 5.75 Å². The van der Waals surface area contributed by atoms with E-state index >= 15 is 0 Å². The minimum atomic E-state index is -4.71. The number of allylic oxidation sites excluding steroid dienone is 1. The number of halogens is 3. The fraction of sp³-hybridized carbons (Fsp3) is 0.118. The van der Waals surface area contributed by atoms with Crippen molar-refractivity contribution < 1.29 is 22.7 Å². The third-order valence-electron chi connectivity index (χ3n) is 2.88. The van der Waals surface area contributed by atoms with Gasteiger partial charge >= 0.3 is 6.36 Å². The molecule has 0 aliphatic heterocycles. The monoisotopic (exact) mass is 321 g/mol. The van der Waals surface area contributed by atoms with Crippen molar-refractivity contribution >= 4 is 11.5 Å². The smallest absolute Gasteiger partial charge is 0.406 e. The van der Waals surface area contributed by atoms with Gasteiger partial charge in [0, 0.05) is 23.5 Å². The second-order valence-corrected chi connectivity index (χ2v) is 4.78. The first-order valence-electron chi connectivity index (χ1n) is 6.73. The van der Waals surface area contributed by atoms with Gasteiger partial charge in [-0.05, 0) is 37.3 Å². The zero-order valence-corrected chi connectivity index (χ0v) is 12.2. The molecule has 2 aromatic carbocycles. The molecule has 0 amide bonds. The van der Waals surface area contributed by atoms with Crippen LogP contribution in [0.15, 0.2) is 60.8 Å². The number of rotatable bonds is 5. The summed E-state index contributed by atoms with van der Waals surface area (Å²) in [6.07, 6.45) is -1.92. The van der Waals surface area contributed by atoms with Crippen molar-refractivity contribution in [3.8, 4) is 5.75 Å². The van der Waals surface area contributed by atoms with Crippen molar-refractivity contribution in [3.05, 3.63) is 71.9 Å². The highest BCUT2D eigenvalue weighted by Gasteiger charge is 2.30. The molecule has 2 rings (SSSR count). The summed E-state index contributed by atoms with van der Waals surface area (Å²) in [6.45, 7) is 1.89. The highest BCUT2D eigenvalue weighted by atomic mass is 19.4. The first kappa shape index (κ1) is 16.6. The van der Waals surface area contributed by atoms with Gasteiger partial charge in [-0.1, -0.05) is 23.8 Å². The number of hydrogen-bond acceptors (Lipinski definition) is 3. The van der Waals surface area contributed by atoms with Crippen LogP contribution in [0.25, 0.3) is 0 Å². The van der Waals surface area contributed by atoms with Gasteiger partial charge in [0.25, 0.3) is 0 Å². The van der Waals surface area contributed by atoms with Gasteiger partial charge in [-0.2, -0.15) is 0 Å². The van der Waals surface area contributed by atoms with Gasteiger partial charge in [-0.3, -0.25) is 4.79 Å². The summed E-state index contributed by atoms with van der Waals surface area (Å²) in [5.41, 5.74) is 2.09. The number of ether oxygens (including phenoxy) is 1. The lowest BCUT2D eigenvalue weighted by Gasteiger charge is -2.09. The van der Waals surface area contributed by atoms with Crippen LogP contribution in [0.3, 0.4) is 0 Å². The van der Waals surface area contributed by atoms with Crippen LogP contribution in [0, 0.1) is 6.92 Å². The number of aryl methyl sites for hydroxylation is 1. The van der Waals surface area contributed by atoms with Gasteiger partial charge in [-0.15, -0.1) is 13.2 Å². The van der Waals surface area contributed by atoms with E-state index in [4.69, 9.17) is 0 Å². The summed E-state index contributed by atoms with van der Waals surface area (Å²) < 4.78 is 39.9. The molecule has 120 valence electrons. The van der Waals surface area contributed by atoms with Crippen LogP contribution < -0.4 is 10.1 Å². The van der Waals surface area contributed by atoms with Gasteiger partial charge in [0.2, 0.25) is 0 Å². The van der Waals surface area contributed by atoms with Crippen molar-refractivity contribution in [2.45, 2.75) is 13.3 Å². The first-order chi connectivity index (χ1) is 10.8. The predicted molar refractivity (Wildman–Crippen MR) is 81.4 cm³/mol. The van der Waals surface area contributed by atoms with Gasteiger partial charge in [-0.25, -0.2) is 0 Å². The topological polar surface area (TPSA) is 38.3 Å². The van der Waals surface area contributed by atoms with E-state index in [0.717, 1.165) is 5.56 Å². The molecule has 6 heteroatoms. The number of nitrogens with one attached hydrogen (secondary N) is 1. The number of carbonyl (C=O) groups excluding carboxylic acids is 1. The van der Waals surface area contributed by atoms with E-state index in [1.54, 1.807) is 18.2 Å². The molecule has 0 heterocycles. The Morgan fingerprint density at radius 1 is 1.13 bits per heavy atom. The summed E-state index contributed by atoms with van der Waals surface area (Å²) in [5.74, 6) is -0.471. The molecule has 0 aromatic heterocycles. The second-order valence-electron chi connectivity index (χ2n) is 4.78. The summed E-state index contributed by atoms with van der Waals surface area (Å²) in [7, 11) is 0. The SMILES string of the molecule is Cc1cccc(C(=O)/C=C\Nc2ccc(OC(F)(F)F)cc2)c1. The van der Waals surface area contributed by atoms with E-state index in [1.165, 1.54) is 36.5 Å². The number of benzene rings is 2. The molecule has 0 saturated heterocycles. The molecule has 0 saturated carbocycles.